The molecule has 3 rings (SSSR count). The standard InChI is InChI=1S/C17H15N3O2S2/c1-24(21,22)15-9-7-13(8-10-15)11-18-20-17-19-16(12-23-17)14-5-3-2-4-6-14/h2-12H,1H3,(H,19,20). The van der Waals surface area contributed by atoms with Crippen LogP contribution in [0.15, 0.2) is 70.0 Å². The highest BCUT2D eigenvalue weighted by molar-refractivity contribution is 7.90. The molecule has 1 aromatic heterocycles. The summed E-state index contributed by atoms with van der Waals surface area (Å²) in [6, 6.07) is 16.5. The van der Waals surface area contributed by atoms with Crippen molar-refractivity contribution in [3.63, 3.8) is 0 Å². The number of nitrogens with zero attached hydrogens (tertiary/aromatic N) is 2. The van der Waals surface area contributed by atoms with Crippen molar-refractivity contribution in [1.29, 1.82) is 0 Å². The van der Waals surface area contributed by atoms with E-state index in [1.54, 1.807) is 30.5 Å². The highest BCUT2D eigenvalue weighted by Gasteiger charge is 2.05. The third-order valence-corrected chi connectivity index (χ3v) is 5.13. The van der Waals surface area contributed by atoms with Crippen molar-refractivity contribution in [2.75, 3.05) is 11.7 Å². The van der Waals surface area contributed by atoms with Crippen molar-refractivity contribution >= 4 is 32.5 Å². The zero-order chi connectivity index (χ0) is 17.0. The maximum atomic E-state index is 11.4. The fourth-order valence-electron chi connectivity index (χ4n) is 2.03. The molecule has 0 aliphatic carbocycles. The Kier molecular flexibility index (Phi) is 4.73. The molecule has 5 nitrogen and oxygen atoms in total. The second-order valence-corrected chi connectivity index (χ2v) is 7.99. The van der Waals surface area contributed by atoms with E-state index in [-0.39, 0.29) is 0 Å². The molecule has 0 aliphatic rings. The van der Waals surface area contributed by atoms with Gasteiger partial charge in [-0.05, 0) is 17.7 Å². The van der Waals surface area contributed by atoms with Crippen molar-refractivity contribution < 1.29 is 8.42 Å². The quantitative estimate of drug-likeness (QED) is 0.559. The van der Waals surface area contributed by atoms with Gasteiger partial charge >= 0.3 is 0 Å². The molecule has 24 heavy (non-hydrogen) atoms. The molecule has 0 fully saturated rings. The molecule has 0 atom stereocenters. The van der Waals surface area contributed by atoms with Gasteiger partial charge in [-0.1, -0.05) is 42.5 Å². The second-order valence-electron chi connectivity index (χ2n) is 5.12. The lowest BCUT2D eigenvalue weighted by Gasteiger charge is -1.98. The van der Waals surface area contributed by atoms with Gasteiger partial charge in [0.15, 0.2) is 9.84 Å². The lowest BCUT2D eigenvalue weighted by atomic mass is 10.2. The largest absolute Gasteiger partial charge is 0.253 e. The number of rotatable bonds is 5. The molecule has 0 unspecified atom stereocenters. The number of nitrogens with one attached hydrogen (secondary N) is 1. The molecular formula is C17H15N3O2S2. The van der Waals surface area contributed by atoms with E-state index >= 15 is 0 Å². The molecule has 0 amide bonds. The van der Waals surface area contributed by atoms with Gasteiger partial charge in [0.1, 0.15) is 0 Å². The van der Waals surface area contributed by atoms with Crippen LogP contribution in [0.1, 0.15) is 5.56 Å². The van der Waals surface area contributed by atoms with Crippen LogP contribution in [0.25, 0.3) is 11.3 Å². The van der Waals surface area contributed by atoms with Crippen molar-refractivity contribution in [3.8, 4) is 11.3 Å². The Balaban J connectivity index is 1.66. The predicted octanol–water partition coefficient (Wildman–Crippen LogP) is 3.66. The van der Waals surface area contributed by atoms with Crippen LogP contribution in [0.5, 0.6) is 0 Å². The molecule has 2 aromatic carbocycles. The van der Waals surface area contributed by atoms with Gasteiger partial charge in [0, 0.05) is 17.2 Å². The van der Waals surface area contributed by atoms with Crippen LogP contribution >= 0.6 is 11.3 Å². The van der Waals surface area contributed by atoms with E-state index in [9.17, 15) is 8.42 Å². The Bertz CT molecular complexity index is 947. The Morgan fingerprint density at radius 2 is 1.79 bits per heavy atom. The Morgan fingerprint density at radius 3 is 2.46 bits per heavy atom. The molecule has 0 aliphatic heterocycles. The number of hydrogen-bond donors (Lipinski definition) is 1. The third kappa shape index (κ3) is 4.06. The molecule has 1 N–H and O–H groups in total. The summed E-state index contributed by atoms with van der Waals surface area (Å²) in [6.45, 7) is 0. The fraction of sp³-hybridized carbons (Fsp3) is 0.0588. The monoisotopic (exact) mass is 357 g/mol. The fourth-order valence-corrected chi connectivity index (χ4v) is 3.33. The van der Waals surface area contributed by atoms with Crippen molar-refractivity contribution in [3.05, 3.63) is 65.5 Å². The van der Waals surface area contributed by atoms with E-state index in [1.807, 2.05) is 35.7 Å². The van der Waals surface area contributed by atoms with E-state index in [0.29, 0.717) is 10.0 Å². The van der Waals surface area contributed by atoms with Gasteiger partial charge in [-0.2, -0.15) is 5.10 Å². The maximum Gasteiger partial charge on any atom is 0.203 e. The zero-order valence-electron chi connectivity index (χ0n) is 12.9. The number of sulfone groups is 1. The van der Waals surface area contributed by atoms with E-state index in [1.165, 1.54) is 17.6 Å². The Labute approximate surface area is 144 Å². The lowest BCUT2D eigenvalue weighted by Crippen LogP contribution is -1.97. The van der Waals surface area contributed by atoms with E-state index < -0.39 is 9.84 Å². The first kappa shape index (κ1) is 16.4. The average Bonchev–Trinajstić information content (AvgIpc) is 3.04. The van der Waals surface area contributed by atoms with Gasteiger partial charge in [-0.3, -0.25) is 5.43 Å². The highest BCUT2D eigenvalue weighted by atomic mass is 32.2. The minimum Gasteiger partial charge on any atom is -0.253 e. The molecule has 7 heteroatoms. The predicted molar refractivity (Wildman–Crippen MR) is 98.3 cm³/mol. The van der Waals surface area contributed by atoms with Crippen LogP contribution < -0.4 is 5.43 Å². The molecule has 122 valence electrons. The topological polar surface area (TPSA) is 71.4 Å². The van der Waals surface area contributed by atoms with Gasteiger partial charge < -0.3 is 0 Å². The summed E-state index contributed by atoms with van der Waals surface area (Å²) < 4.78 is 22.8. The smallest absolute Gasteiger partial charge is 0.203 e. The van der Waals surface area contributed by atoms with Gasteiger partial charge in [0.2, 0.25) is 5.13 Å². The van der Waals surface area contributed by atoms with Gasteiger partial charge in [0.25, 0.3) is 0 Å². The first-order valence-corrected chi connectivity index (χ1v) is 9.90. The maximum absolute atomic E-state index is 11.4. The number of benzene rings is 2. The minimum atomic E-state index is -3.18. The first-order chi connectivity index (χ1) is 11.5. The number of thiazole rings is 1. The summed E-state index contributed by atoms with van der Waals surface area (Å²) >= 11 is 1.47. The summed E-state index contributed by atoms with van der Waals surface area (Å²) in [5, 5.41) is 6.79. The van der Waals surface area contributed by atoms with Crippen LogP contribution in [0, 0.1) is 0 Å². The van der Waals surface area contributed by atoms with Crippen LogP contribution in [0.3, 0.4) is 0 Å². The normalized spacial score (nSPS) is 11.7. The number of hydrogen-bond acceptors (Lipinski definition) is 6. The molecule has 0 saturated carbocycles. The summed E-state index contributed by atoms with van der Waals surface area (Å²) in [7, 11) is -3.18. The number of anilines is 1. The van der Waals surface area contributed by atoms with Gasteiger partial charge in [-0.15, -0.1) is 11.3 Å². The Hall–Kier alpha value is -2.51. The van der Waals surface area contributed by atoms with Crippen molar-refractivity contribution in [2.45, 2.75) is 4.90 Å². The summed E-state index contributed by atoms with van der Waals surface area (Å²) in [6.07, 6.45) is 2.81. The first-order valence-electron chi connectivity index (χ1n) is 7.12. The summed E-state index contributed by atoms with van der Waals surface area (Å²) in [5.41, 5.74) is 5.64. The molecule has 0 saturated heterocycles. The average molecular weight is 357 g/mol. The van der Waals surface area contributed by atoms with Crippen LogP contribution in [0.4, 0.5) is 5.13 Å². The molecule has 0 spiro atoms. The van der Waals surface area contributed by atoms with Crippen molar-refractivity contribution in [2.24, 2.45) is 5.10 Å². The summed E-state index contributed by atoms with van der Waals surface area (Å²) in [5.74, 6) is 0. The molecule has 1 heterocycles. The molecule has 0 radical (unpaired) electrons. The SMILES string of the molecule is CS(=O)(=O)c1ccc(C=NNc2nc(-c3ccccc3)cs2)cc1. The third-order valence-electron chi connectivity index (χ3n) is 3.26. The highest BCUT2D eigenvalue weighted by Crippen LogP contribution is 2.24. The number of hydrazone groups is 1. The second kappa shape index (κ2) is 6.94. The van der Waals surface area contributed by atoms with Gasteiger partial charge in [-0.25, -0.2) is 13.4 Å². The Morgan fingerprint density at radius 1 is 1.08 bits per heavy atom. The van der Waals surface area contributed by atoms with E-state index in [2.05, 4.69) is 15.5 Å². The van der Waals surface area contributed by atoms with E-state index in [4.69, 9.17) is 0 Å². The summed E-state index contributed by atoms with van der Waals surface area (Å²) in [4.78, 5) is 4.76. The minimum absolute atomic E-state index is 0.292. The zero-order valence-corrected chi connectivity index (χ0v) is 14.5. The molecular weight excluding hydrogens is 342 g/mol. The van der Waals surface area contributed by atoms with Crippen LogP contribution in [-0.4, -0.2) is 25.9 Å². The van der Waals surface area contributed by atoms with Crippen LogP contribution in [0.2, 0.25) is 0 Å². The van der Waals surface area contributed by atoms with E-state index in [0.717, 1.165) is 16.8 Å². The van der Waals surface area contributed by atoms with Crippen LogP contribution in [-0.2, 0) is 9.84 Å². The van der Waals surface area contributed by atoms with Crippen molar-refractivity contribution in [1.82, 2.24) is 4.98 Å². The molecule has 0 bridgehead atoms. The molecule has 3 aromatic rings. The van der Waals surface area contributed by atoms with Gasteiger partial charge in [0.05, 0.1) is 16.8 Å². The number of aromatic nitrogens is 1. The lowest BCUT2D eigenvalue weighted by molar-refractivity contribution is 0.602.